The minimum absolute atomic E-state index is 0.0137. The number of nitrogens with one attached hydrogen (secondary N) is 2. The van der Waals surface area contributed by atoms with Gasteiger partial charge in [0.1, 0.15) is 5.82 Å². The van der Waals surface area contributed by atoms with Crippen molar-refractivity contribution in [1.29, 1.82) is 0 Å². The lowest BCUT2D eigenvalue weighted by molar-refractivity contribution is -0.0762. The molecule has 0 radical (unpaired) electrons. The number of rotatable bonds is 6. The zero-order valence-corrected chi connectivity index (χ0v) is 20.4. The Labute approximate surface area is 205 Å². The van der Waals surface area contributed by atoms with E-state index in [1.807, 2.05) is 30.3 Å². The van der Waals surface area contributed by atoms with Crippen LogP contribution in [0, 0.1) is 17.8 Å². The van der Waals surface area contributed by atoms with Gasteiger partial charge in [-0.1, -0.05) is 12.1 Å². The highest BCUT2D eigenvalue weighted by molar-refractivity contribution is 5.95. The first-order valence-corrected chi connectivity index (χ1v) is 12.5. The van der Waals surface area contributed by atoms with Gasteiger partial charge in [-0.05, 0) is 81.5 Å². The molecule has 2 unspecified atom stereocenters. The van der Waals surface area contributed by atoms with Crippen molar-refractivity contribution in [2.24, 2.45) is 17.8 Å². The van der Waals surface area contributed by atoms with Crippen molar-refractivity contribution >= 4 is 11.7 Å². The molecule has 3 heterocycles. The molecule has 1 aromatic carbocycles. The van der Waals surface area contributed by atoms with E-state index in [9.17, 15) is 4.79 Å². The molecule has 1 aromatic heterocycles. The van der Waals surface area contributed by atoms with Crippen LogP contribution in [0.5, 0.6) is 0 Å². The van der Waals surface area contributed by atoms with Gasteiger partial charge < -0.3 is 20.3 Å². The van der Waals surface area contributed by atoms with Gasteiger partial charge in [0.05, 0.1) is 11.3 Å². The largest absolute Gasteiger partial charge is 0.376 e. The lowest BCUT2D eigenvalue weighted by atomic mass is 9.88. The number of nitrogens with zero attached hydrogens (tertiary/aromatic N) is 3. The summed E-state index contributed by atoms with van der Waals surface area (Å²) in [6.07, 6.45) is 3.60. The molecular formula is C27H37N5O2. The van der Waals surface area contributed by atoms with Crippen molar-refractivity contribution in [2.45, 2.75) is 51.2 Å². The van der Waals surface area contributed by atoms with Gasteiger partial charge in [0, 0.05) is 53.2 Å². The fourth-order valence-corrected chi connectivity index (χ4v) is 5.86. The van der Waals surface area contributed by atoms with Gasteiger partial charge in [-0.2, -0.15) is 0 Å². The van der Waals surface area contributed by atoms with E-state index in [2.05, 4.69) is 39.6 Å². The molecule has 2 aliphatic heterocycles. The van der Waals surface area contributed by atoms with Gasteiger partial charge in [-0.15, -0.1) is 10.2 Å². The molecule has 182 valence electrons. The molecule has 0 spiro atoms. The number of likely N-dealkylation sites (tertiary alicyclic amines) is 1. The fraction of sp³-hybridized carbons (Fsp3) is 0.593. The zero-order valence-electron chi connectivity index (χ0n) is 22.4. The maximum atomic E-state index is 11.9. The van der Waals surface area contributed by atoms with Crippen LogP contribution >= 0.6 is 0 Å². The number of aromatic nitrogens is 2. The molecule has 5 rings (SSSR count). The number of hydrogen-bond donors (Lipinski definition) is 2. The van der Waals surface area contributed by atoms with E-state index in [4.69, 9.17) is 7.48 Å². The van der Waals surface area contributed by atoms with Crippen LogP contribution in [0.25, 0.3) is 11.3 Å². The highest BCUT2D eigenvalue weighted by Gasteiger charge is 2.42. The summed E-state index contributed by atoms with van der Waals surface area (Å²) in [4.78, 5) is 14.0. The standard InChI is InChI=1S/C27H37N5O2/c1-27(2)14-18(9-10-34-27)15-32-16-21-12-23(13-22(21)17-32)29-25-8-7-24(30-31-25)19-5-4-6-20(11-19)26(33)28-3/h4-8,11,18,21-23H,9-10,12-17H2,1-3H3,(H,28,33)(H,29,31)/t18?,21-,22+,23?/i15D2. The number of carbonyl (C=O) groups excluding carboxylic acids is 1. The van der Waals surface area contributed by atoms with Crippen LogP contribution in [0.1, 0.15) is 52.6 Å². The third-order valence-corrected chi connectivity index (χ3v) is 7.48. The molecule has 2 N–H and O–H groups in total. The summed E-state index contributed by atoms with van der Waals surface area (Å²) in [5.41, 5.74) is 1.93. The van der Waals surface area contributed by atoms with Crippen LogP contribution in [0.2, 0.25) is 0 Å². The Hall–Kier alpha value is -2.51. The Balaban J connectivity index is 1.16. The second-order valence-electron chi connectivity index (χ2n) is 10.6. The van der Waals surface area contributed by atoms with E-state index < -0.39 is 6.50 Å². The van der Waals surface area contributed by atoms with Crippen LogP contribution in [0.3, 0.4) is 0 Å². The molecule has 4 atom stereocenters. The van der Waals surface area contributed by atoms with Gasteiger partial charge in [-0.3, -0.25) is 4.79 Å². The van der Waals surface area contributed by atoms with Crippen molar-refractivity contribution in [2.75, 3.05) is 38.6 Å². The number of fused-ring (bicyclic) bond motifs is 1. The Morgan fingerprint density at radius 1 is 1.21 bits per heavy atom. The topological polar surface area (TPSA) is 79.4 Å². The van der Waals surface area contributed by atoms with Gasteiger partial charge in [0.25, 0.3) is 5.91 Å². The molecule has 7 nitrogen and oxygen atoms in total. The van der Waals surface area contributed by atoms with Gasteiger partial charge in [-0.25, -0.2) is 0 Å². The van der Waals surface area contributed by atoms with E-state index in [-0.39, 0.29) is 17.4 Å². The van der Waals surface area contributed by atoms with E-state index in [0.29, 0.717) is 30.0 Å². The molecular weight excluding hydrogens is 426 g/mol. The molecule has 0 bridgehead atoms. The average Bonchev–Trinajstić information content (AvgIpc) is 3.43. The minimum atomic E-state index is -1.29. The first kappa shape index (κ1) is 20.8. The van der Waals surface area contributed by atoms with E-state index in [1.54, 1.807) is 13.1 Å². The van der Waals surface area contributed by atoms with E-state index >= 15 is 0 Å². The molecule has 34 heavy (non-hydrogen) atoms. The average molecular weight is 466 g/mol. The number of carbonyl (C=O) groups is 1. The van der Waals surface area contributed by atoms with Gasteiger partial charge >= 0.3 is 0 Å². The van der Waals surface area contributed by atoms with Gasteiger partial charge in [0.2, 0.25) is 0 Å². The SMILES string of the molecule is [2H]C([2H])(C1CCOC(C)(C)C1)N1C[C@H]2CC(Nc3ccc(-c4cccc(C(=O)NC)c4)nn3)C[C@H]2C1. The Bertz CT molecular complexity index is 1080. The maximum Gasteiger partial charge on any atom is 0.251 e. The number of ether oxygens (including phenoxy) is 1. The number of amides is 1. The predicted molar refractivity (Wildman–Crippen MR) is 134 cm³/mol. The molecule has 1 aliphatic carbocycles. The summed E-state index contributed by atoms with van der Waals surface area (Å²) in [6.45, 7) is 5.14. The highest BCUT2D eigenvalue weighted by Crippen LogP contribution is 2.40. The van der Waals surface area contributed by atoms with Crippen LogP contribution in [0.15, 0.2) is 36.4 Å². The highest BCUT2D eigenvalue weighted by atomic mass is 16.5. The summed E-state index contributed by atoms with van der Waals surface area (Å²) >= 11 is 0. The normalized spacial score (nSPS) is 29.7. The third-order valence-electron chi connectivity index (χ3n) is 7.48. The van der Waals surface area contributed by atoms with Crippen LogP contribution in [-0.4, -0.2) is 65.9 Å². The summed E-state index contributed by atoms with van der Waals surface area (Å²) < 4.78 is 23.7. The van der Waals surface area contributed by atoms with Crippen molar-refractivity contribution in [1.82, 2.24) is 20.4 Å². The molecule has 1 amide bonds. The Morgan fingerprint density at radius 3 is 2.68 bits per heavy atom. The van der Waals surface area contributed by atoms with Crippen LogP contribution in [-0.2, 0) is 4.74 Å². The van der Waals surface area contributed by atoms with Crippen molar-refractivity contribution in [3.8, 4) is 11.3 Å². The predicted octanol–water partition coefficient (Wildman–Crippen LogP) is 3.83. The summed E-state index contributed by atoms with van der Waals surface area (Å²) in [6, 6.07) is 11.6. The minimum Gasteiger partial charge on any atom is -0.376 e. The number of hydrogen-bond acceptors (Lipinski definition) is 6. The smallest absolute Gasteiger partial charge is 0.251 e. The first-order chi connectivity index (χ1) is 17.1. The second-order valence-corrected chi connectivity index (χ2v) is 10.6. The van der Waals surface area contributed by atoms with Crippen LogP contribution in [0.4, 0.5) is 5.82 Å². The van der Waals surface area contributed by atoms with E-state index in [0.717, 1.165) is 55.8 Å². The number of anilines is 1. The lowest BCUT2D eigenvalue weighted by Gasteiger charge is -2.37. The van der Waals surface area contributed by atoms with Gasteiger partial charge in [0.15, 0.2) is 0 Å². The molecule has 3 aliphatic rings. The molecule has 2 saturated heterocycles. The summed E-state index contributed by atoms with van der Waals surface area (Å²) in [5, 5.41) is 15.0. The molecule has 1 saturated carbocycles. The first-order valence-electron chi connectivity index (χ1n) is 13.5. The lowest BCUT2D eigenvalue weighted by Crippen LogP contribution is -2.39. The third kappa shape index (κ3) is 5.26. The monoisotopic (exact) mass is 465 g/mol. The van der Waals surface area contributed by atoms with E-state index in [1.165, 1.54) is 0 Å². The summed E-state index contributed by atoms with van der Waals surface area (Å²) in [5.74, 6) is 1.65. The number of benzene rings is 1. The van der Waals surface area contributed by atoms with Crippen molar-refractivity contribution in [3.05, 3.63) is 42.0 Å². The summed E-state index contributed by atoms with van der Waals surface area (Å²) in [7, 11) is 1.62. The Kier molecular flexibility index (Phi) is 5.90. The second kappa shape index (κ2) is 9.62. The van der Waals surface area contributed by atoms with Crippen molar-refractivity contribution in [3.63, 3.8) is 0 Å². The zero-order chi connectivity index (χ0) is 25.5. The fourth-order valence-electron chi connectivity index (χ4n) is 5.86. The maximum absolute atomic E-state index is 11.9. The quantitative estimate of drug-likeness (QED) is 0.675. The van der Waals surface area contributed by atoms with Crippen molar-refractivity contribution < 1.29 is 12.3 Å². The molecule has 7 heteroatoms. The molecule has 2 aromatic rings. The van der Waals surface area contributed by atoms with Crippen LogP contribution < -0.4 is 10.6 Å². The Morgan fingerprint density at radius 2 is 2.00 bits per heavy atom. The molecule has 3 fully saturated rings.